The molecule has 3 nitrogen and oxygen atoms in total. The summed E-state index contributed by atoms with van der Waals surface area (Å²) in [5.41, 5.74) is 3.43. The molecule has 0 amide bonds. The summed E-state index contributed by atoms with van der Waals surface area (Å²) in [6, 6.07) is 22.3. The molecular formula is C26H27NO2SSi. The van der Waals surface area contributed by atoms with Crippen molar-refractivity contribution in [1.29, 1.82) is 0 Å². The van der Waals surface area contributed by atoms with E-state index in [1.54, 1.807) is 16.4 Å². The monoisotopic (exact) mass is 445 g/mol. The largest absolute Gasteiger partial charge is 0.243 e. The highest BCUT2D eigenvalue weighted by Gasteiger charge is 2.35. The van der Waals surface area contributed by atoms with Crippen molar-refractivity contribution in [2.75, 3.05) is 0 Å². The number of benzene rings is 4. The molecule has 1 aliphatic heterocycles. The lowest BCUT2D eigenvalue weighted by atomic mass is 9.97. The third-order valence-electron chi connectivity index (χ3n) is 6.34. The summed E-state index contributed by atoms with van der Waals surface area (Å²) < 4.78 is 28.5. The average Bonchev–Trinajstić information content (AvgIpc) is 3.16. The number of nitrogens with zero attached hydrogens (tertiary/aromatic N) is 1. The molecule has 4 aromatic carbocycles. The van der Waals surface area contributed by atoms with E-state index >= 15 is 0 Å². The van der Waals surface area contributed by atoms with E-state index in [1.165, 1.54) is 32.3 Å². The van der Waals surface area contributed by atoms with Gasteiger partial charge in [-0.15, -0.1) is 0 Å². The molecule has 0 atom stereocenters. The van der Waals surface area contributed by atoms with Crippen LogP contribution in [0.2, 0.25) is 19.6 Å². The maximum Gasteiger partial charge on any atom is 0.243 e. The Labute approximate surface area is 185 Å². The Morgan fingerprint density at radius 1 is 0.806 bits per heavy atom. The zero-order valence-electron chi connectivity index (χ0n) is 18.4. The van der Waals surface area contributed by atoms with Gasteiger partial charge in [-0.25, -0.2) is 8.42 Å². The van der Waals surface area contributed by atoms with Crippen LogP contribution in [0.3, 0.4) is 0 Å². The van der Waals surface area contributed by atoms with E-state index in [0.717, 1.165) is 11.1 Å². The molecule has 0 unspecified atom stereocenters. The number of hydrogen-bond donors (Lipinski definition) is 0. The lowest BCUT2D eigenvalue weighted by Crippen LogP contribution is -2.41. The fourth-order valence-corrected chi connectivity index (χ4v) is 8.44. The molecule has 0 N–H and O–H groups in total. The number of hydrogen-bond acceptors (Lipinski definition) is 2. The lowest BCUT2D eigenvalue weighted by molar-refractivity contribution is 0.432. The van der Waals surface area contributed by atoms with Crippen LogP contribution < -0.4 is 5.19 Å². The Kier molecular flexibility index (Phi) is 4.63. The van der Waals surface area contributed by atoms with Gasteiger partial charge in [-0.1, -0.05) is 73.7 Å². The van der Waals surface area contributed by atoms with E-state index in [0.29, 0.717) is 18.0 Å². The SMILES string of the molecule is Cc1ccc(S(=O)(=O)N2Cc3cc4c(ccc5ccccc54)c([Si](C)(C)C)c3C2)cc1. The molecule has 0 saturated heterocycles. The van der Waals surface area contributed by atoms with Crippen LogP contribution >= 0.6 is 0 Å². The van der Waals surface area contributed by atoms with Gasteiger partial charge in [0.2, 0.25) is 10.0 Å². The van der Waals surface area contributed by atoms with Crippen LogP contribution in [0, 0.1) is 6.92 Å². The van der Waals surface area contributed by atoms with E-state index < -0.39 is 18.1 Å². The Balaban J connectivity index is 1.71. The third kappa shape index (κ3) is 3.32. The minimum absolute atomic E-state index is 0.371. The van der Waals surface area contributed by atoms with Crippen molar-refractivity contribution in [3.63, 3.8) is 0 Å². The average molecular weight is 446 g/mol. The Bertz CT molecular complexity index is 1430. The van der Waals surface area contributed by atoms with Gasteiger partial charge in [0.1, 0.15) is 0 Å². The number of aryl methyl sites for hydroxylation is 1. The Hall–Kier alpha value is -2.47. The van der Waals surface area contributed by atoms with Gasteiger partial charge in [0.15, 0.2) is 0 Å². The van der Waals surface area contributed by atoms with Crippen LogP contribution in [0.25, 0.3) is 21.5 Å². The van der Waals surface area contributed by atoms with Gasteiger partial charge in [0.25, 0.3) is 0 Å². The molecule has 0 aromatic heterocycles. The highest BCUT2D eigenvalue weighted by atomic mass is 32.2. The lowest BCUT2D eigenvalue weighted by Gasteiger charge is -2.24. The zero-order valence-corrected chi connectivity index (χ0v) is 20.3. The standard InChI is InChI=1S/C26H27NO2SSi/c1-18-9-12-21(13-10-18)30(28,29)27-16-20-15-24-22-8-6-5-7-19(22)11-14-23(24)26(25(20)17-27)31(2,3)4/h5-15H,16-17H2,1-4H3. The first-order chi connectivity index (χ1) is 14.7. The first-order valence-electron chi connectivity index (χ1n) is 10.7. The summed E-state index contributed by atoms with van der Waals surface area (Å²) in [5.74, 6) is 0. The maximum atomic E-state index is 13.4. The normalized spacial score (nSPS) is 15.0. The highest BCUT2D eigenvalue weighted by Crippen LogP contribution is 2.35. The van der Waals surface area contributed by atoms with Crippen LogP contribution in [-0.4, -0.2) is 20.8 Å². The summed E-state index contributed by atoms with van der Waals surface area (Å²) in [6.45, 7) is 9.92. The van der Waals surface area contributed by atoms with Crippen LogP contribution in [0.1, 0.15) is 16.7 Å². The summed E-state index contributed by atoms with van der Waals surface area (Å²) >= 11 is 0. The van der Waals surface area contributed by atoms with Crippen molar-refractivity contribution in [3.05, 3.63) is 83.4 Å². The topological polar surface area (TPSA) is 37.4 Å². The number of fused-ring (bicyclic) bond motifs is 4. The molecular weight excluding hydrogens is 418 g/mol. The molecule has 4 aromatic rings. The smallest absolute Gasteiger partial charge is 0.207 e. The van der Waals surface area contributed by atoms with Gasteiger partial charge in [-0.2, -0.15) is 4.31 Å². The summed E-state index contributed by atoms with van der Waals surface area (Å²) in [7, 11) is -5.28. The van der Waals surface area contributed by atoms with Crippen LogP contribution in [-0.2, 0) is 23.1 Å². The van der Waals surface area contributed by atoms with E-state index in [-0.39, 0.29) is 0 Å². The van der Waals surface area contributed by atoms with E-state index in [1.807, 2.05) is 19.1 Å². The van der Waals surface area contributed by atoms with Gasteiger partial charge in [0, 0.05) is 13.1 Å². The van der Waals surface area contributed by atoms with Gasteiger partial charge in [-0.3, -0.25) is 0 Å². The van der Waals surface area contributed by atoms with Crippen LogP contribution in [0.4, 0.5) is 0 Å². The van der Waals surface area contributed by atoms with Gasteiger partial charge in [0.05, 0.1) is 13.0 Å². The number of rotatable bonds is 3. The van der Waals surface area contributed by atoms with Crippen LogP contribution in [0.5, 0.6) is 0 Å². The molecule has 1 aliphatic rings. The second kappa shape index (κ2) is 7.02. The van der Waals surface area contributed by atoms with Crippen molar-refractivity contribution in [2.45, 2.75) is 44.5 Å². The zero-order chi connectivity index (χ0) is 22.0. The first-order valence-corrected chi connectivity index (χ1v) is 15.6. The van der Waals surface area contributed by atoms with Crippen molar-refractivity contribution >= 4 is 44.8 Å². The van der Waals surface area contributed by atoms with Gasteiger partial charge in [-0.05, 0) is 63.0 Å². The molecule has 158 valence electrons. The third-order valence-corrected chi connectivity index (χ3v) is 10.2. The minimum Gasteiger partial charge on any atom is -0.207 e. The van der Waals surface area contributed by atoms with Gasteiger partial charge < -0.3 is 0 Å². The summed E-state index contributed by atoms with van der Waals surface area (Å²) in [5, 5.41) is 6.38. The fraction of sp³-hybridized carbons (Fsp3) is 0.231. The first kappa shape index (κ1) is 20.4. The van der Waals surface area contributed by atoms with Crippen molar-refractivity contribution in [2.24, 2.45) is 0 Å². The molecule has 0 fully saturated rings. The molecule has 5 rings (SSSR count). The molecule has 5 heteroatoms. The van der Waals surface area contributed by atoms with Gasteiger partial charge >= 0.3 is 0 Å². The van der Waals surface area contributed by atoms with E-state index in [4.69, 9.17) is 0 Å². The minimum atomic E-state index is -3.54. The molecule has 0 spiro atoms. The van der Waals surface area contributed by atoms with E-state index in [9.17, 15) is 8.42 Å². The second-order valence-corrected chi connectivity index (χ2v) is 16.5. The molecule has 1 heterocycles. The molecule has 0 aliphatic carbocycles. The van der Waals surface area contributed by atoms with Crippen molar-refractivity contribution in [3.8, 4) is 0 Å². The molecule has 0 bridgehead atoms. The Morgan fingerprint density at radius 2 is 1.52 bits per heavy atom. The van der Waals surface area contributed by atoms with Crippen molar-refractivity contribution in [1.82, 2.24) is 4.31 Å². The Morgan fingerprint density at radius 3 is 2.23 bits per heavy atom. The fourth-order valence-electron chi connectivity index (χ4n) is 4.88. The molecule has 31 heavy (non-hydrogen) atoms. The number of sulfonamides is 1. The van der Waals surface area contributed by atoms with E-state index in [2.05, 4.69) is 62.1 Å². The van der Waals surface area contributed by atoms with Crippen molar-refractivity contribution < 1.29 is 8.42 Å². The van der Waals surface area contributed by atoms with Crippen LogP contribution in [0.15, 0.2) is 71.6 Å². The summed E-state index contributed by atoms with van der Waals surface area (Å²) in [4.78, 5) is 0.371. The quantitative estimate of drug-likeness (QED) is 0.306. The second-order valence-electron chi connectivity index (χ2n) is 9.61. The molecule has 0 saturated carbocycles. The highest BCUT2D eigenvalue weighted by molar-refractivity contribution is 7.89. The predicted molar refractivity (Wildman–Crippen MR) is 132 cm³/mol. The summed E-state index contributed by atoms with van der Waals surface area (Å²) in [6.07, 6.45) is 0. The molecule has 0 radical (unpaired) electrons. The predicted octanol–water partition coefficient (Wildman–Crippen LogP) is 5.55. The maximum absolute atomic E-state index is 13.4.